The Bertz CT molecular complexity index is 1530. The summed E-state index contributed by atoms with van der Waals surface area (Å²) in [7, 11) is 0. The fraction of sp³-hybridized carbons (Fsp3) is 0.797. The van der Waals surface area contributed by atoms with Crippen LogP contribution in [0.1, 0.15) is 265 Å². The first-order valence-corrected chi connectivity index (χ1v) is 30.5. The number of aliphatic hydroxyl groups is 1. The second-order valence-corrected chi connectivity index (χ2v) is 22.4. The van der Waals surface area contributed by atoms with Gasteiger partial charge in [-0.1, -0.05) is 239 Å². The molecule has 1 fully saturated rings. The molecule has 0 aliphatic carbocycles. The molecule has 2 N–H and O–H groups in total. The number of benzene rings is 2. The standard InChI is InChI=1S/C64H109F2NO5/c1-6-8-10-12-14-16-18-20-22-27-31-35-39-56(40-36-32-28-23-21-19-17-15-13-11-9-7-2)63(69)60(51-70-64-54(5)52(3)53(4)61(50-65)72-64)67-62(68)41-37-33-29-25-24-26-30-34-38-55-42-46-58(47-43-55)71-59-48-44-57(66)45-49-59/h42-49,52-54,56,60-61,63-64,69H,6-41,50-51H2,1-5H3,(H,67,68)/t52-,53-,54?,60-,61?,63+,64-/m0/s1. The molecule has 1 aliphatic rings. The van der Waals surface area contributed by atoms with Crippen molar-refractivity contribution in [2.45, 2.75) is 290 Å². The van der Waals surface area contributed by atoms with Gasteiger partial charge in [-0.05, 0) is 91.8 Å². The van der Waals surface area contributed by atoms with E-state index >= 15 is 0 Å². The van der Waals surface area contributed by atoms with Gasteiger partial charge >= 0.3 is 0 Å². The van der Waals surface area contributed by atoms with E-state index in [-0.39, 0.29) is 42.0 Å². The number of aryl methyl sites for hydroxylation is 1. The molecule has 72 heavy (non-hydrogen) atoms. The van der Waals surface area contributed by atoms with Gasteiger partial charge in [0.2, 0.25) is 5.91 Å². The van der Waals surface area contributed by atoms with Crippen molar-refractivity contribution >= 4 is 5.91 Å². The fourth-order valence-electron chi connectivity index (χ4n) is 10.9. The summed E-state index contributed by atoms with van der Waals surface area (Å²) in [5.41, 5.74) is 1.29. The van der Waals surface area contributed by atoms with Crippen molar-refractivity contribution in [1.29, 1.82) is 0 Å². The number of hydrogen-bond donors (Lipinski definition) is 2. The Morgan fingerprint density at radius 2 is 0.986 bits per heavy atom. The van der Waals surface area contributed by atoms with Crippen molar-refractivity contribution < 1.29 is 32.9 Å². The van der Waals surface area contributed by atoms with E-state index in [0.717, 1.165) is 63.5 Å². The summed E-state index contributed by atoms with van der Waals surface area (Å²) in [5, 5.41) is 15.6. The van der Waals surface area contributed by atoms with Crippen LogP contribution in [0.4, 0.5) is 8.78 Å². The molecule has 7 atom stereocenters. The molecule has 3 rings (SSSR count). The number of nitrogens with one attached hydrogen (secondary N) is 1. The van der Waals surface area contributed by atoms with Crippen molar-refractivity contribution in [2.24, 2.45) is 23.7 Å². The van der Waals surface area contributed by atoms with Crippen LogP contribution < -0.4 is 10.1 Å². The van der Waals surface area contributed by atoms with E-state index in [4.69, 9.17) is 14.2 Å². The molecular weight excluding hydrogens is 901 g/mol. The molecule has 1 amide bonds. The summed E-state index contributed by atoms with van der Waals surface area (Å²) in [4.78, 5) is 13.7. The summed E-state index contributed by atoms with van der Waals surface area (Å²) in [6, 6.07) is 13.7. The van der Waals surface area contributed by atoms with Crippen LogP contribution in [0.2, 0.25) is 0 Å². The minimum absolute atomic E-state index is 0.0200. The molecule has 0 aromatic heterocycles. The van der Waals surface area contributed by atoms with Crippen LogP contribution in [-0.2, 0) is 20.7 Å². The van der Waals surface area contributed by atoms with Gasteiger partial charge in [0.05, 0.1) is 24.9 Å². The fourth-order valence-corrected chi connectivity index (χ4v) is 10.9. The maximum atomic E-state index is 14.1. The van der Waals surface area contributed by atoms with Gasteiger partial charge in [-0.2, -0.15) is 0 Å². The highest BCUT2D eigenvalue weighted by Crippen LogP contribution is 2.36. The predicted molar refractivity (Wildman–Crippen MR) is 299 cm³/mol. The highest BCUT2D eigenvalue weighted by molar-refractivity contribution is 5.76. The molecule has 414 valence electrons. The summed E-state index contributed by atoms with van der Waals surface area (Å²) in [5.74, 6) is 1.56. The number of amides is 1. The lowest BCUT2D eigenvalue weighted by atomic mass is 9.79. The SMILES string of the molecule is CCCCCCCCCCCCCCC(CCCCCCCCCCCCCC)[C@@H](O)[C@H](CO[C@H]1OC(CF)[C@@H](C)[C@H](C)C1C)NC(=O)CCCCCCCCCCc1ccc(Oc2ccc(F)cc2)cc1. The summed E-state index contributed by atoms with van der Waals surface area (Å²) >= 11 is 0. The zero-order valence-corrected chi connectivity index (χ0v) is 46.9. The topological polar surface area (TPSA) is 77.0 Å². The zero-order valence-electron chi connectivity index (χ0n) is 46.9. The largest absolute Gasteiger partial charge is 0.457 e. The maximum Gasteiger partial charge on any atom is 0.220 e. The molecule has 1 heterocycles. The number of carbonyl (C=O) groups excluding carboxylic acids is 1. The third-order valence-electron chi connectivity index (χ3n) is 16.3. The minimum Gasteiger partial charge on any atom is -0.457 e. The number of alkyl halides is 1. The third kappa shape index (κ3) is 28.9. The lowest BCUT2D eigenvalue weighted by molar-refractivity contribution is -0.254. The number of ether oxygens (including phenoxy) is 3. The van der Waals surface area contributed by atoms with Crippen LogP contribution in [0.3, 0.4) is 0 Å². The molecule has 0 bridgehead atoms. The van der Waals surface area contributed by atoms with Gasteiger partial charge in [-0.3, -0.25) is 4.79 Å². The minimum atomic E-state index is -0.720. The van der Waals surface area contributed by atoms with E-state index in [1.54, 1.807) is 12.1 Å². The number of rotatable bonds is 46. The van der Waals surface area contributed by atoms with Crippen LogP contribution in [0, 0.1) is 29.5 Å². The zero-order chi connectivity index (χ0) is 51.9. The second kappa shape index (κ2) is 41.7. The average Bonchev–Trinajstić information content (AvgIpc) is 3.38. The number of unbranched alkanes of at least 4 members (excludes halogenated alkanes) is 29. The Morgan fingerprint density at radius 1 is 0.569 bits per heavy atom. The highest BCUT2D eigenvalue weighted by atomic mass is 19.1. The lowest BCUT2D eigenvalue weighted by Crippen LogP contribution is -2.52. The van der Waals surface area contributed by atoms with Gasteiger partial charge in [0.15, 0.2) is 6.29 Å². The molecule has 2 aromatic rings. The van der Waals surface area contributed by atoms with Crippen LogP contribution >= 0.6 is 0 Å². The monoisotopic (exact) mass is 1010 g/mol. The van der Waals surface area contributed by atoms with Crippen molar-refractivity contribution in [3.8, 4) is 11.5 Å². The Morgan fingerprint density at radius 3 is 1.44 bits per heavy atom. The Balaban J connectivity index is 1.47. The maximum absolute atomic E-state index is 14.1. The number of hydrogen-bond acceptors (Lipinski definition) is 5. The molecule has 1 aliphatic heterocycles. The van der Waals surface area contributed by atoms with Crippen LogP contribution in [-0.4, -0.2) is 48.8 Å². The van der Waals surface area contributed by atoms with Gasteiger partial charge in [0, 0.05) is 12.3 Å². The van der Waals surface area contributed by atoms with E-state index in [1.165, 1.54) is 185 Å². The van der Waals surface area contributed by atoms with Crippen molar-refractivity contribution in [3.05, 3.63) is 59.9 Å². The van der Waals surface area contributed by atoms with E-state index < -0.39 is 31.2 Å². The molecule has 0 saturated carbocycles. The van der Waals surface area contributed by atoms with Gasteiger partial charge in [0.25, 0.3) is 0 Å². The summed E-state index contributed by atoms with van der Waals surface area (Å²) in [6.07, 6.45) is 41.8. The Kier molecular flexibility index (Phi) is 36.9. The molecule has 0 radical (unpaired) electrons. The average molecular weight is 1010 g/mol. The van der Waals surface area contributed by atoms with Crippen molar-refractivity contribution in [1.82, 2.24) is 5.32 Å². The van der Waals surface area contributed by atoms with Gasteiger partial charge in [-0.15, -0.1) is 0 Å². The van der Waals surface area contributed by atoms with Gasteiger partial charge in [-0.25, -0.2) is 8.78 Å². The smallest absolute Gasteiger partial charge is 0.220 e. The lowest BCUT2D eigenvalue weighted by Gasteiger charge is -2.43. The predicted octanol–water partition coefficient (Wildman–Crippen LogP) is 18.9. The molecule has 2 unspecified atom stereocenters. The normalized spacial score (nSPS) is 18.9. The van der Waals surface area contributed by atoms with Crippen LogP contribution in [0.25, 0.3) is 0 Å². The molecule has 0 spiro atoms. The van der Waals surface area contributed by atoms with Crippen LogP contribution in [0.15, 0.2) is 48.5 Å². The summed E-state index contributed by atoms with van der Waals surface area (Å²) in [6.45, 7) is 10.5. The van der Waals surface area contributed by atoms with Crippen LogP contribution in [0.5, 0.6) is 11.5 Å². The molecule has 1 saturated heterocycles. The van der Waals surface area contributed by atoms with Gasteiger partial charge in [0.1, 0.15) is 24.0 Å². The first-order chi connectivity index (χ1) is 35.2. The van der Waals surface area contributed by atoms with Crippen molar-refractivity contribution in [2.75, 3.05) is 13.3 Å². The molecular formula is C64H109F2NO5. The molecule has 2 aromatic carbocycles. The van der Waals surface area contributed by atoms with Gasteiger partial charge < -0.3 is 24.6 Å². The Labute approximate surface area is 441 Å². The summed E-state index contributed by atoms with van der Waals surface area (Å²) < 4.78 is 45.9. The van der Waals surface area contributed by atoms with Crippen molar-refractivity contribution in [3.63, 3.8) is 0 Å². The third-order valence-corrected chi connectivity index (χ3v) is 16.3. The first kappa shape index (κ1) is 63.7. The van der Waals surface area contributed by atoms with E-state index in [9.17, 15) is 18.7 Å². The van der Waals surface area contributed by atoms with E-state index in [0.29, 0.717) is 12.2 Å². The number of aliphatic hydroxyl groups excluding tert-OH is 1. The quantitative estimate of drug-likeness (QED) is 0.0646. The first-order valence-electron chi connectivity index (χ1n) is 30.5. The highest BCUT2D eigenvalue weighted by Gasteiger charge is 2.40. The Hall–Kier alpha value is -2.55. The second-order valence-electron chi connectivity index (χ2n) is 22.4. The molecule has 8 heteroatoms. The van der Waals surface area contributed by atoms with E-state index in [1.807, 2.05) is 12.1 Å². The molecule has 6 nitrogen and oxygen atoms in total. The van der Waals surface area contributed by atoms with E-state index in [2.05, 4.69) is 52.1 Å². The number of halogens is 2. The number of carbonyl (C=O) groups is 1.